The van der Waals surface area contributed by atoms with Crippen LogP contribution in [0.3, 0.4) is 0 Å². The molecule has 0 aliphatic carbocycles. The van der Waals surface area contributed by atoms with Gasteiger partial charge in [0.25, 0.3) is 0 Å². The summed E-state index contributed by atoms with van der Waals surface area (Å²) in [7, 11) is 0. The second kappa shape index (κ2) is 8.13. The summed E-state index contributed by atoms with van der Waals surface area (Å²) in [6, 6.07) is 18.9. The molecule has 0 spiro atoms. The summed E-state index contributed by atoms with van der Waals surface area (Å²) in [6.45, 7) is 11.7. The number of benzene rings is 2. The zero-order valence-corrected chi connectivity index (χ0v) is 17.8. The topological polar surface area (TPSA) is 26.8 Å². The molecule has 1 amide bonds. The molecule has 2 heterocycles. The molecule has 29 heavy (non-hydrogen) atoms. The molecule has 0 saturated carbocycles. The van der Waals surface area contributed by atoms with Crippen LogP contribution in [0.25, 0.3) is 5.57 Å². The maximum Gasteiger partial charge on any atom is 0.241 e. The number of piperazine rings is 1. The minimum Gasteiger partial charge on any atom is -0.302 e. The third kappa shape index (κ3) is 4.29. The third-order valence-corrected chi connectivity index (χ3v) is 6.04. The monoisotopic (exact) mass is 389 g/mol. The van der Waals surface area contributed by atoms with Crippen LogP contribution < -0.4 is 4.90 Å². The first kappa shape index (κ1) is 19.9. The van der Waals surface area contributed by atoms with Crippen LogP contribution in [-0.2, 0) is 11.3 Å². The lowest BCUT2D eigenvalue weighted by atomic mass is 9.88. The Hall–Kier alpha value is -2.43. The fourth-order valence-electron chi connectivity index (χ4n) is 4.65. The van der Waals surface area contributed by atoms with Crippen LogP contribution in [0.15, 0.2) is 60.7 Å². The number of carbonyl (C=O) groups excluding carboxylic acids is 1. The Morgan fingerprint density at radius 2 is 1.52 bits per heavy atom. The highest BCUT2D eigenvalue weighted by atomic mass is 16.2. The molecule has 1 saturated heterocycles. The van der Waals surface area contributed by atoms with Gasteiger partial charge < -0.3 is 4.90 Å². The molecule has 2 aliphatic rings. The summed E-state index contributed by atoms with van der Waals surface area (Å²) >= 11 is 0. The second-order valence-electron chi connectivity index (χ2n) is 8.77. The molecule has 4 nitrogen and oxygen atoms in total. The van der Waals surface area contributed by atoms with Crippen LogP contribution in [0.2, 0.25) is 0 Å². The van der Waals surface area contributed by atoms with Crippen LogP contribution in [0.1, 0.15) is 31.9 Å². The van der Waals surface area contributed by atoms with Gasteiger partial charge in [-0.1, -0.05) is 54.6 Å². The molecule has 0 radical (unpaired) electrons. The maximum atomic E-state index is 13.4. The number of allylic oxidation sites excluding steroid dienone is 1. The average Bonchev–Trinajstić information content (AvgIpc) is 2.69. The summed E-state index contributed by atoms with van der Waals surface area (Å²) in [5.41, 5.74) is 4.47. The van der Waals surface area contributed by atoms with Gasteiger partial charge in [0, 0.05) is 38.3 Å². The number of hydrogen-bond acceptors (Lipinski definition) is 3. The van der Waals surface area contributed by atoms with Crippen molar-refractivity contribution < 1.29 is 4.79 Å². The molecule has 1 fully saturated rings. The molecular formula is C25H31N3O. The minimum absolute atomic E-state index is 0.183. The lowest BCUT2D eigenvalue weighted by Gasteiger charge is -2.43. The molecule has 2 aromatic rings. The van der Waals surface area contributed by atoms with Gasteiger partial charge in [-0.25, -0.2) is 0 Å². The lowest BCUT2D eigenvalue weighted by Crippen LogP contribution is -2.54. The Bertz CT molecular complexity index is 895. The molecule has 0 aromatic heterocycles. The molecule has 0 atom stereocenters. The Morgan fingerprint density at radius 3 is 2.24 bits per heavy atom. The summed E-state index contributed by atoms with van der Waals surface area (Å²) < 4.78 is 0. The van der Waals surface area contributed by atoms with Crippen molar-refractivity contribution in [2.45, 2.75) is 32.9 Å². The predicted molar refractivity (Wildman–Crippen MR) is 120 cm³/mol. The SMILES string of the molecule is CC1=CC(C)(C)N(C(=O)CN2CCN(Cc3ccccc3)CC2)c2ccccc21. The van der Waals surface area contributed by atoms with Crippen molar-refractivity contribution in [1.29, 1.82) is 0 Å². The zero-order valence-electron chi connectivity index (χ0n) is 17.8. The van der Waals surface area contributed by atoms with Crippen molar-refractivity contribution in [1.82, 2.24) is 9.80 Å². The van der Waals surface area contributed by atoms with Gasteiger partial charge in [-0.2, -0.15) is 0 Å². The van der Waals surface area contributed by atoms with Crippen molar-refractivity contribution in [2.24, 2.45) is 0 Å². The van der Waals surface area contributed by atoms with Crippen molar-refractivity contribution in [3.8, 4) is 0 Å². The number of carbonyl (C=O) groups is 1. The predicted octanol–water partition coefficient (Wildman–Crippen LogP) is 4.03. The standard InChI is InChI=1S/C25H31N3O/c1-20-17-25(2,3)28(23-12-8-7-11-22(20)23)24(29)19-27-15-13-26(14-16-27)18-21-9-5-4-6-10-21/h4-12,17H,13-16,18-19H2,1-3H3. The number of anilines is 1. The van der Waals surface area contributed by atoms with Crippen molar-refractivity contribution in [2.75, 3.05) is 37.6 Å². The normalized spacial score (nSPS) is 19.6. The summed E-state index contributed by atoms with van der Waals surface area (Å²) in [4.78, 5) is 20.1. The van der Waals surface area contributed by atoms with Crippen LogP contribution in [-0.4, -0.2) is 54.0 Å². The van der Waals surface area contributed by atoms with E-state index in [1.165, 1.54) is 11.1 Å². The van der Waals surface area contributed by atoms with Gasteiger partial charge in [-0.15, -0.1) is 0 Å². The van der Waals surface area contributed by atoms with E-state index < -0.39 is 0 Å². The molecule has 4 heteroatoms. The van der Waals surface area contributed by atoms with Crippen LogP contribution in [0.5, 0.6) is 0 Å². The molecular weight excluding hydrogens is 358 g/mol. The second-order valence-corrected chi connectivity index (χ2v) is 8.77. The van der Waals surface area contributed by atoms with E-state index in [0.717, 1.165) is 44.0 Å². The van der Waals surface area contributed by atoms with Crippen molar-refractivity contribution in [3.05, 3.63) is 71.8 Å². The quantitative estimate of drug-likeness (QED) is 0.790. The molecule has 0 N–H and O–H groups in total. The van der Waals surface area contributed by atoms with Crippen LogP contribution >= 0.6 is 0 Å². The van der Waals surface area contributed by atoms with E-state index in [-0.39, 0.29) is 11.4 Å². The van der Waals surface area contributed by atoms with Gasteiger partial charge in [0.2, 0.25) is 5.91 Å². The van der Waals surface area contributed by atoms with E-state index in [1.807, 2.05) is 17.0 Å². The smallest absolute Gasteiger partial charge is 0.241 e. The van der Waals surface area contributed by atoms with Crippen molar-refractivity contribution >= 4 is 17.2 Å². The molecule has 2 aliphatic heterocycles. The summed E-state index contributed by atoms with van der Waals surface area (Å²) in [5, 5.41) is 0. The van der Waals surface area contributed by atoms with E-state index in [9.17, 15) is 4.79 Å². The van der Waals surface area contributed by atoms with E-state index in [2.05, 4.69) is 79.1 Å². The van der Waals surface area contributed by atoms with E-state index in [4.69, 9.17) is 0 Å². The number of fused-ring (bicyclic) bond motifs is 1. The van der Waals surface area contributed by atoms with Crippen LogP contribution in [0.4, 0.5) is 5.69 Å². The van der Waals surface area contributed by atoms with Crippen molar-refractivity contribution in [3.63, 3.8) is 0 Å². The number of nitrogens with zero attached hydrogens (tertiary/aromatic N) is 3. The number of hydrogen-bond donors (Lipinski definition) is 0. The fraction of sp³-hybridized carbons (Fsp3) is 0.400. The Kier molecular flexibility index (Phi) is 5.57. The van der Waals surface area contributed by atoms with Gasteiger partial charge in [0.15, 0.2) is 0 Å². The first-order chi connectivity index (χ1) is 13.9. The zero-order chi connectivity index (χ0) is 20.4. The first-order valence-corrected chi connectivity index (χ1v) is 10.5. The van der Waals surface area contributed by atoms with E-state index in [0.29, 0.717) is 6.54 Å². The average molecular weight is 390 g/mol. The highest BCUT2D eigenvalue weighted by Crippen LogP contribution is 2.38. The minimum atomic E-state index is -0.315. The molecule has 0 unspecified atom stereocenters. The van der Waals surface area contributed by atoms with Gasteiger partial charge >= 0.3 is 0 Å². The summed E-state index contributed by atoms with van der Waals surface area (Å²) in [6.07, 6.45) is 2.21. The van der Waals surface area contributed by atoms with Gasteiger partial charge in [0.05, 0.1) is 17.8 Å². The molecule has 0 bridgehead atoms. The van der Waals surface area contributed by atoms with E-state index in [1.54, 1.807) is 0 Å². The Morgan fingerprint density at radius 1 is 0.897 bits per heavy atom. The molecule has 2 aromatic carbocycles. The Labute approximate surface area is 174 Å². The highest BCUT2D eigenvalue weighted by molar-refractivity contribution is 6.01. The highest BCUT2D eigenvalue weighted by Gasteiger charge is 2.36. The number of rotatable bonds is 4. The molecule has 4 rings (SSSR count). The lowest BCUT2D eigenvalue weighted by molar-refractivity contribution is -0.121. The van der Waals surface area contributed by atoms with Crippen LogP contribution in [0, 0.1) is 0 Å². The van der Waals surface area contributed by atoms with Gasteiger partial charge in [-0.3, -0.25) is 14.6 Å². The summed E-state index contributed by atoms with van der Waals surface area (Å²) in [5.74, 6) is 0.183. The largest absolute Gasteiger partial charge is 0.302 e. The fourth-order valence-corrected chi connectivity index (χ4v) is 4.65. The third-order valence-electron chi connectivity index (χ3n) is 6.04. The van der Waals surface area contributed by atoms with E-state index >= 15 is 0 Å². The first-order valence-electron chi connectivity index (χ1n) is 10.5. The maximum absolute atomic E-state index is 13.4. The van der Waals surface area contributed by atoms with Gasteiger partial charge in [-0.05, 0) is 38.0 Å². The number of amides is 1. The number of para-hydroxylation sites is 1. The van der Waals surface area contributed by atoms with Gasteiger partial charge in [0.1, 0.15) is 0 Å². The Balaban J connectivity index is 1.40. The molecule has 152 valence electrons.